The second-order valence-corrected chi connectivity index (χ2v) is 10.6. The minimum absolute atomic E-state index is 0.0999. The third-order valence-electron chi connectivity index (χ3n) is 6.89. The van der Waals surface area contributed by atoms with Gasteiger partial charge in [-0.15, -0.1) is 0 Å². The van der Waals surface area contributed by atoms with Gasteiger partial charge in [0.1, 0.15) is 5.01 Å². The second-order valence-electron chi connectivity index (χ2n) is 9.40. The van der Waals surface area contributed by atoms with E-state index in [0.29, 0.717) is 19.0 Å². The van der Waals surface area contributed by atoms with Gasteiger partial charge in [-0.2, -0.15) is 4.37 Å². The highest BCUT2D eigenvalue weighted by molar-refractivity contribution is 7.05. The lowest BCUT2D eigenvalue weighted by Gasteiger charge is -2.33. The van der Waals surface area contributed by atoms with Gasteiger partial charge >= 0.3 is 0 Å². The van der Waals surface area contributed by atoms with E-state index in [-0.39, 0.29) is 5.91 Å². The van der Waals surface area contributed by atoms with Gasteiger partial charge in [-0.1, -0.05) is 37.1 Å². The zero-order chi connectivity index (χ0) is 25.5. The highest BCUT2D eigenvalue weighted by atomic mass is 35.5. The van der Waals surface area contributed by atoms with Crippen molar-refractivity contribution in [1.29, 1.82) is 0 Å². The Morgan fingerprint density at radius 2 is 2.00 bits per heavy atom. The van der Waals surface area contributed by atoms with Crippen LogP contribution in [0, 0.1) is 5.92 Å². The number of aromatic nitrogens is 3. The Bertz CT molecular complexity index is 1140. The van der Waals surface area contributed by atoms with Gasteiger partial charge in [0.05, 0.1) is 23.6 Å². The molecule has 0 aliphatic carbocycles. The van der Waals surface area contributed by atoms with Crippen molar-refractivity contribution >= 4 is 39.9 Å². The number of halogens is 1. The van der Waals surface area contributed by atoms with Crippen molar-refractivity contribution in [2.75, 3.05) is 53.0 Å². The molecule has 8 nitrogen and oxygen atoms in total. The largest absolute Gasteiger partial charge is 0.385 e. The first-order chi connectivity index (χ1) is 17.5. The molecule has 2 aromatic heterocycles. The number of carbonyl (C=O) groups is 1. The molecule has 1 aromatic carbocycles. The lowest BCUT2D eigenvalue weighted by molar-refractivity contribution is -0.122. The summed E-state index contributed by atoms with van der Waals surface area (Å²) in [5.74, 6) is 1.37. The number of benzene rings is 1. The molecule has 1 atom stereocenters. The zero-order valence-corrected chi connectivity index (χ0v) is 23.1. The Balaban J connectivity index is 1.45. The van der Waals surface area contributed by atoms with Crippen molar-refractivity contribution in [1.82, 2.24) is 29.0 Å². The summed E-state index contributed by atoms with van der Waals surface area (Å²) in [5.41, 5.74) is 2.08. The van der Waals surface area contributed by atoms with Crippen molar-refractivity contribution < 1.29 is 9.53 Å². The Hall–Kier alpha value is -2.04. The van der Waals surface area contributed by atoms with Gasteiger partial charge in [0, 0.05) is 70.1 Å². The molecule has 196 valence electrons. The van der Waals surface area contributed by atoms with Crippen LogP contribution in [0.25, 0.3) is 22.3 Å². The topological polar surface area (TPSA) is 75.5 Å². The van der Waals surface area contributed by atoms with Crippen LogP contribution in [0.2, 0.25) is 5.02 Å². The first-order valence-electron chi connectivity index (χ1n) is 12.8. The smallest absolute Gasteiger partial charge is 0.234 e. The minimum Gasteiger partial charge on any atom is -0.385 e. The normalized spacial score (nSPS) is 16.0. The van der Waals surface area contributed by atoms with E-state index in [0.717, 1.165) is 91.0 Å². The number of rotatable bonds is 12. The van der Waals surface area contributed by atoms with Crippen molar-refractivity contribution in [2.45, 2.75) is 39.8 Å². The number of methoxy groups -OCH3 is 1. The van der Waals surface area contributed by atoms with Gasteiger partial charge in [0.15, 0.2) is 5.82 Å². The fraction of sp³-hybridized carbons (Fsp3) is 0.577. The molecular formula is C26H37ClN6O2S. The van der Waals surface area contributed by atoms with Gasteiger partial charge in [0.25, 0.3) is 0 Å². The van der Waals surface area contributed by atoms with Crippen LogP contribution < -0.4 is 5.32 Å². The minimum atomic E-state index is 0.0999. The quantitative estimate of drug-likeness (QED) is 0.378. The molecule has 0 bridgehead atoms. The fourth-order valence-corrected chi connectivity index (χ4v) is 5.79. The van der Waals surface area contributed by atoms with Gasteiger partial charge in [-0.25, -0.2) is 4.98 Å². The number of carbonyl (C=O) groups excluding carboxylic acids is 1. The number of likely N-dealkylation sites (N-methyl/N-ethyl adjacent to an activating group) is 1. The monoisotopic (exact) mass is 532 g/mol. The van der Waals surface area contributed by atoms with Crippen LogP contribution in [0.4, 0.5) is 0 Å². The molecule has 1 N–H and O–H groups in total. The Labute approximate surface area is 222 Å². The van der Waals surface area contributed by atoms with E-state index in [1.165, 1.54) is 11.5 Å². The van der Waals surface area contributed by atoms with E-state index in [9.17, 15) is 4.79 Å². The molecule has 0 radical (unpaired) electrons. The summed E-state index contributed by atoms with van der Waals surface area (Å²) < 4.78 is 12.3. The van der Waals surface area contributed by atoms with Crippen molar-refractivity contribution in [3.8, 4) is 11.4 Å². The molecule has 36 heavy (non-hydrogen) atoms. The van der Waals surface area contributed by atoms with Crippen LogP contribution in [0.1, 0.15) is 31.7 Å². The number of amides is 1. The average Bonchev–Trinajstić information content (AvgIpc) is 3.48. The Kier molecular flexibility index (Phi) is 9.73. The number of piperazine rings is 1. The Morgan fingerprint density at radius 1 is 1.22 bits per heavy atom. The molecule has 4 rings (SSSR count). The summed E-state index contributed by atoms with van der Waals surface area (Å²) in [6, 6.07) is 6.05. The number of ether oxygens (including phenoxy) is 1. The summed E-state index contributed by atoms with van der Waals surface area (Å²) >= 11 is 8.14. The van der Waals surface area contributed by atoms with Crippen LogP contribution in [0.3, 0.4) is 0 Å². The molecule has 10 heteroatoms. The van der Waals surface area contributed by atoms with E-state index < -0.39 is 0 Å². The van der Waals surface area contributed by atoms with E-state index in [2.05, 4.69) is 38.9 Å². The molecule has 1 aliphatic rings. The highest BCUT2D eigenvalue weighted by Crippen LogP contribution is 2.34. The molecule has 0 spiro atoms. The number of nitrogens with zero attached hydrogens (tertiary/aromatic N) is 5. The van der Waals surface area contributed by atoms with Crippen molar-refractivity contribution in [2.24, 2.45) is 5.92 Å². The van der Waals surface area contributed by atoms with Gasteiger partial charge < -0.3 is 14.6 Å². The van der Waals surface area contributed by atoms with Gasteiger partial charge in [0.2, 0.25) is 5.91 Å². The third kappa shape index (κ3) is 6.63. The maximum Gasteiger partial charge on any atom is 0.234 e. The Morgan fingerprint density at radius 3 is 2.72 bits per heavy atom. The number of nitrogens with one attached hydrogen (secondary N) is 1. The predicted molar refractivity (Wildman–Crippen MR) is 147 cm³/mol. The number of hydrogen-bond acceptors (Lipinski definition) is 7. The third-order valence-corrected chi connectivity index (χ3v) is 7.89. The van der Waals surface area contributed by atoms with Crippen molar-refractivity contribution in [3.63, 3.8) is 0 Å². The first kappa shape index (κ1) is 27.0. The van der Waals surface area contributed by atoms with Gasteiger partial charge in [-0.05, 0) is 36.9 Å². The fourth-order valence-electron chi connectivity index (χ4n) is 4.81. The molecule has 1 aliphatic heterocycles. The molecule has 1 amide bonds. The van der Waals surface area contributed by atoms with Crippen LogP contribution >= 0.6 is 23.1 Å². The number of fused-ring (bicyclic) bond motifs is 1. The molecule has 1 saturated heterocycles. The molecular weight excluding hydrogens is 496 g/mol. The summed E-state index contributed by atoms with van der Waals surface area (Å²) in [7, 11) is 1.75. The first-order valence-corrected chi connectivity index (χ1v) is 14.0. The lowest BCUT2D eigenvalue weighted by atomic mass is 10.0. The SMILES string of the molecule is CCNC(=O)CN1CCN(Cc2nc(-c3cn(CC(CC)CCOC)c4c(Cl)cccc34)ns2)CC1. The van der Waals surface area contributed by atoms with Crippen LogP contribution in [0.15, 0.2) is 24.4 Å². The van der Waals surface area contributed by atoms with Crippen LogP contribution in [0.5, 0.6) is 0 Å². The average molecular weight is 533 g/mol. The number of para-hydroxylation sites is 1. The predicted octanol–water partition coefficient (Wildman–Crippen LogP) is 4.13. The van der Waals surface area contributed by atoms with E-state index in [4.69, 9.17) is 25.7 Å². The highest BCUT2D eigenvalue weighted by Gasteiger charge is 2.22. The second kappa shape index (κ2) is 13.0. The maximum absolute atomic E-state index is 11.9. The van der Waals surface area contributed by atoms with Crippen LogP contribution in [-0.4, -0.2) is 82.6 Å². The molecule has 0 saturated carbocycles. The van der Waals surface area contributed by atoms with Gasteiger partial charge in [-0.3, -0.25) is 14.6 Å². The maximum atomic E-state index is 11.9. The van der Waals surface area contributed by atoms with E-state index in [1.54, 1.807) is 7.11 Å². The zero-order valence-electron chi connectivity index (χ0n) is 21.5. The summed E-state index contributed by atoms with van der Waals surface area (Å²) in [6.07, 6.45) is 4.26. The standard InChI is InChI=1S/C26H37ClN6O2S/c1-4-19(9-14-35-3)15-33-16-21(20-7-6-8-22(27)25(20)33)26-29-24(36-30-26)18-32-12-10-31(11-13-32)17-23(34)28-5-2/h6-8,16,19H,4-5,9-15,17-18H2,1-3H3,(H,28,34). The summed E-state index contributed by atoms with van der Waals surface area (Å²) in [5, 5.41) is 5.73. The van der Waals surface area contributed by atoms with Crippen molar-refractivity contribution in [3.05, 3.63) is 34.4 Å². The van der Waals surface area contributed by atoms with Crippen LogP contribution in [-0.2, 0) is 22.6 Å². The summed E-state index contributed by atoms with van der Waals surface area (Å²) in [6.45, 7) is 11.4. The molecule has 1 fully saturated rings. The number of hydrogen-bond donors (Lipinski definition) is 1. The van der Waals surface area contributed by atoms with E-state index in [1.807, 2.05) is 19.1 Å². The molecule has 1 unspecified atom stereocenters. The lowest BCUT2D eigenvalue weighted by Crippen LogP contribution is -2.49. The molecule has 3 aromatic rings. The summed E-state index contributed by atoms with van der Waals surface area (Å²) in [4.78, 5) is 21.4. The molecule has 3 heterocycles. The van der Waals surface area contributed by atoms with E-state index >= 15 is 0 Å².